The smallest absolute Gasteiger partial charge is 0.240 e. The lowest BCUT2D eigenvalue weighted by Crippen LogP contribution is -2.44. The van der Waals surface area contributed by atoms with Crippen molar-refractivity contribution in [3.63, 3.8) is 0 Å². The molecule has 42 heavy (non-hydrogen) atoms. The molecular weight excluding hydrogens is 551 g/mol. The third kappa shape index (κ3) is 5.71. The maximum Gasteiger partial charge on any atom is 0.240 e. The molecule has 0 spiro atoms. The topological polar surface area (TPSA) is 76.5 Å². The van der Waals surface area contributed by atoms with Gasteiger partial charge in [-0.15, -0.1) is 11.8 Å². The van der Waals surface area contributed by atoms with Crippen LogP contribution >= 0.6 is 11.8 Å². The number of fused-ring (bicyclic) bond motifs is 1. The number of ether oxygens (including phenoxy) is 1. The highest BCUT2D eigenvalue weighted by molar-refractivity contribution is 8.00. The van der Waals surface area contributed by atoms with Crippen molar-refractivity contribution in [3.8, 4) is 16.9 Å². The Labute approximate surface area is 249 Å². The van der Waals surface area contributed by atoms with Crippen LogP contribution in [0.1, 0.15) is 40.3 Å². The van der Waals surface area contributed by atoms with Crippen LogP contribution in [0.5, 0.6) is 0 Å². The molecule has 1 N–H and O–H groups in total. The summed E-state index contributed by atoms with van der Waals surface area (Å²) in [6, 6.07) is 22.3. The van der Waals surface area contributed by atoms with E-state index in [0.29, 0.717) is 24.7 Å². The van der Waals surface area contributed by atoms with Crippen molar-refractivity contribution in [2.45, 2.75) is 38.0 Å². The van der Waals surface area contributed by atoms with Gasteiger partial charge < -0.3 is 10.1 Å². The number of thioether (sulfide) groups is 1. The van der Waals surface area contributed by atoms with Gasteiger partial charge in [0.05, 0.1) is 28.5 Å². The van der Waals surface area contributed by atoms with Gasteiger partial charge in [-0.05, 0) is 56.0 Å². The van der Waals surface area contributed by atoms with Crippen LogP contribution in [0.4, 0.5) is 10.2 Å². The number of carbonyl (C=O) groups is 2. The zero-order chi connectivity index (χ0) is 29.2. The van der Waals surface area contributed by atoms with Crippen LogP contribution in [0, 0.1) is 19.7 Å². The highest BCUT2D eigenvalue weighted by Gasteiger charge is 2.38. The first-order chi connectivity index (χ1) is 20.4. The van der Waals surface area contributed by atoms with Crippen molar-refractivity contribution < 1.29 is 18.7 Å². The van der Waals surface area contributed by atoms with E-state index in [-0.39, 0.29) is 41.3 Å². The van der Waals surface area contributed by atoms with E-state index in [0.717, 1.165) is 46.3 Å². The fraction of sp³-hybridized carbons (Fsp3) is 0.303. The minimum Gasteiger partial charge on any atom is -0.376 e. The number of aryl methyl sites for hydroxylation is 2. The van der Waals surface area contributed by atoms with Gasteiger partial charge in [-0.1, -0.05) is 60.2 Å². The van der Waals surface area contributed by atoms with Gasteiger partial charge in [-0.3, -0.25) is 14.5 Å². The fourth-order valence-electron chi connectivity index (χ4n) is 5.67. The fourth-order valence-corrected chi connectivity index (χ4v) is 6.87. The summed E-state index contributed by atoms with van der Waals surface area (Å²) in [6.07, 6.45) is 1.88. The normalized spacial score (nSPS) is 18.5. The summed E-state index contributed by atoms with van der Waals surface area (Å²) in [5.74, 6) is -0.0742. The molecule has 6 rings (SSSR count). The van der Waals surface area contributed by atoms with Gasteiger partial charge in [0.1, 0.15) is 18.2 Å². The SMILES string of the molecule is Cc1ccc(-n2nc(-c3ccccc3)c3c2N(CC(=O)NC[C@H]2CCCO2)C(=O)CS[C@@H]3c2ccc(F)cc2)c(C)c1. The quantitative estimate of drug-likeness (QED) is 0.299. The predicted molar refractivity (Wildman–Crippen MR) is 164 cm³/mol. The molecule has 216 valence electrons. The molecule has 1 saturated heterocycles. The lowest BCUT2D eigenvalue weighted by molar-refractivity contribution is -0.123. The first kappa shape index (κ1) is 28.2. The number of aromatic nitrogens is 2. The summed E-state index contributed by atoms with van der Waals surface area (Å²) < 4.78 is 21.5. The van der Waals surface area contributed by atoms with Gasteiger partial charge in [0.15, 0.2) is 0 Å². The minimum absolute atomic E-state index is 0.00632. The Bertz CT molecular complexity index is 1600. The number of halogens is 1. The molecule has 0 unspecified atom stereocenters. The van der Waals surface area contributed by atoms with E-state index >= 15 is 0 Å². The van der Waals surface area contributed by atoms with Gasteiger partial charge in [0.2, 0.25) is 11.8 Å². The molecule has 2 atom stereocenters. The van der Waals surface area contributed by atoms with E-state index in [1.54, 1.807) is 21.7 Å². The average molecular weight is 585 g/mol. The van der Waals surface area contributed by atoms with Crippen LogP contribution in [0.25, 0.3) is 16.9 Å². The summed E-state index contributed by atoms with van der Waals surface area (Å²) in [4.78, 5) is 28.8. The van der Waals surface area contributed by atoms with Gasteiger partial charge >= 0.3 is 0 Å². The number of hydrogen-bond acceptors (Lipinski definition) is 5. The van der Waals surface area contributed by atoms with Gasteiger partial charge in [0.25, 0.3) is 0 Å². The first-order valence-electron chi connectivity index (χ1n) is 14.2. The molecule has 0 saturated carbocycles. The van der Waals surface area contributed by atoms with E-state index in [4.69, 9.17) is 9.84 Å². The van der Waals surface area contributed by atoms with E-state index in [1.165, 1.54) is 23.9 Å². The molecule has 2 amide bonds. The summed E-state index contributed by atoms with van der Waals surface area (Å²) >= 11 is 1.46. The zero-order valence-corrected chi connectivity index (χ0v) is 24.5. The Morgan fingerprint density at radius 2 is 1.88 bits per heavy atom. The van der Waals surface area contributed by atoms with E-state index in [2.05, 4.69) is 11.4 Å². The molecule has 3 aromatic carbocycles. The number of hydrogen-bond donors (Lipinski definition) is 1. The lowest BCUT2D eigenvalue weighted by Gasteiger charge is -2.24. The molecule has 1 fully saturated rings. The highest BCUT2D eigenvalue weighted by atomic mass is 32.2. The third-order valence-electron chi connectivity index (χ3n) is 7.74. The second kappa shape index (κ2) is 12.1. The number of carbonyl (C=O) groups excluding carboxylic acids is 2. The second-order valence-electron chi connectivity index (χ2n) is 10.8. The molecule has 4 aromatic rings. The Kier molecular flexibility index (Phi) is 8.13. The Balaban J connectivity index is 1.53. The van der Waals surface area contributed by atoms with Crippen LogP contribution in [-0.2, 0) is 14.3 Å². The third-order valence-corrected chi connectivity index (χ3v) is 9.00. The average Bonchev–Trinajstić information content (AvgIpc) is 3.62. The molecule has 2 aliphatic rings. The minimum atomic E-state index is -0.326. The van der Waals surface area contributed by atoms with Crippen molar-refractivity contribution in [2.75, 3.05) is 30.3 Å². The zero-order valence-electron chi connectivity index (χ0n) is 23.7. The van der Waals surface area contributed by atoms with E-state index in [1.807, 2.05) is 56.3 Å². The first-order valence-corrected chi connectivity index (χ1v) is 15.3. The predicted octanol–water partition coefficient (Wildman–Crippen LogP) is 5.76. The van der Waals surface area contributed by atoms with Gasteiger partial charge in [-0.25, -0.2) is 9.07 Å². The van der Waals surface area contributed by atoms with E-state index < -0.39 is 0 Å². The van der Waals surface area contributed by atoms with Crippen LogP contribution in [-0.4, -0.2) is 53.1 Å². The number of amides is 2. The molecule has 1 aromatic heterocycles. The van der Waals surface area contributed by atoms with Gasteiger partial charge in [0, 0.05) is 24.3 Å². The highest BCUT2D eigenvalue weighted by Crippen LogP contribution is 2.48. The van der Waals surface area contributed by atoms with E-state index in [9.17, 15) is 14.0 Å². The van der Waals surface area contributed by atoms with Crippen LogP contribution in [0.2, 0.25) is 0 Å². The monoisotopic (exact) mass is 584 g/mol. The molecular formula is C33H33FN4O3S. The van der Waals surface area contributed by atoms with Crippen molar-refractivity contribution in [3.05, 3.63) is 101 Å². The maximum absolute atomic E-state index is 14.0. The number of rotatable bonds is 7. The van der Waals surface area contributed by atoms with Crippen LogP contribution < -0.4 is 10.2 Å². The molecule has 0 bridgehead atoms. The van der Waals surface area contributed by atoms with Gasteiger partial charge in [-0.2, -0.15) is 5.10 Å². The Morgan fingerprint density at radius 1 is 1.10 bits per heavy atom. The molecule has 3 heterocycles. The molecule has 9 heteroatoms. The molecule has 2 aliphatic heterocycles. The largest absolute Gasteiger partial charge is 0.376 e. The molecule has 0 aliphatic carbocycles. The Hall–Kier alpha value is -3.95. The molecule has 7 nitrogen and oxygen atoms in total. The second-order valence-corrected chi connectivity index (χ2v) is 11.9. The number of benzene rings is 3. The van der Waals surface area contributed by atoms with Crippen molar-refractivity contribution >= 4 is 29.4 Å². The summed E-state index contributed by atoms with van der Waals surface area (Å²) in [5, 5.41) is 7.80. The van der Waals surface area contributed by atoms with Crippen molar-refractivity contribution in [1.29, 1.82) is 0 Å². The lowest BCUT2D eigenvalue weighted by atomic mass is 9.99. The van der Waals surface area contributed by atoms with Crippen molar-refractivity contribution in [2.24, 2.45) is 0 Å². The molecule has 0 radical (unpaired) electrons. The number of nitrogens with zero attached hydrogens (tertiary/aromatic N) is 3. The standard InChI is InChI=1S/C33H33FN4O3S/c1-21-10-15-27(22(2)17-21)38-33-30(31(36-38)23-7-4-3-5-8-23)32(24-11-13-25(34)14-12-24)42-20-29(40)37(33)19-28(39)35-18-26-9-6-16-41-26/h3-5,7-8,10-15,17,26,32H,6,9,16,18-20H2,1-2H3,(H,35,39)/t26-,32-/m1/s1. The maximum atomic E-state index is 14.0. The summed E-state index contributed by atoms with van der Waals surface area (Å²) in [6.45, 7) is 5.01. The summed E-state index contributed by atoms with van der Waals surface area (Å²) in [5.41, 5.74) is 6.20. The number of anilines is 1. The van der Waals surface area contributed by atoms with Crippen molar-refractivity contribution in [1.82, 2.24) is 15.1 Å². The number of nitrogens with one attached hydrogen (secondary N) is 1. The van der Waals surface area contributed by atoms with Crippen LogP contribution in [0.15, 0.2) is 72.8 Å². The van der Waals surface area contributed by atoms with Crippen LogP contribution in [0.3, 0.4) is 0 Å². The Morgan fingerprint density at radius 3 is 2.60 bits per heavy atom. The summed E-state index contributed by atoms with van der Waals surface area (Å²) in [7, 11) is 0.